The number of hydrogen-bond acceptors (Lipinski definition) is 4. The van der Waals surface area contributed by atoms with Gasteiger partial charge in [-0.25, -0.2) is 0 Å². The Morgan fingerprint density at radius 1 is 1.41 bits per heavy atom. The highest BCUT2D eigenvalue weighted by Crippen LogP contribution is 2.36. The van der Waals surface area contributed by atoms with E-state index in [-0.39, 0.29) is 6.42 Å². The van der Waals surface area contributed by atoms with Crippen LogP contribution in [0.25, 0.3) is 0 Å². The molecule has 0 saturated carbocycles. The number of methoxy groups -OCH3 is 2. The first-order chi connectivity index (χ1) is 7.99. The molecule has 5 nitrogen and oxygen atoms in total. The summed E-state index contributed by atoms with van der Waals surface area (Å²) in [5.41, 5.74) is 6.48. The van der Waals surface area contributed by atoms with Crippen molar-refractivity contribution >= 4 is 21.9 Å². The summed E-state index contributed by atoms with van der Waals surface area (Å²) in [5.74, 6) is 0.136. The molecule has 17 heavy (non-hydrogen) atoms. The summed E-state index contributed by atoms with van der Waals surface area (Å²) in [7, 11) is 3.04. The Hall–Kier alpha value is -1.27. The van der Waals surface area contributed by atoms with Crippen molar-refractivity contribution in [1.29, 1.82) is 0 Å². The maximum atomic E-state index is 10.6. The molecule has 1 aromatic carbocycles. The number of aliphatic carboxylic acids is 1. The number of hydrogen-bond donors (Lipinski definition) is 2. The number of halogens is 1. The zero-order valence-corrected chi connectivity index (χ0v) is 11.2. The fourth-order valence-corrected chi connectivity index (χ4v) is 2.07. The highest BCUT2D eigenvalue weighted by Gasteiger charge is 2.17. The highest BCUT2D eigenvalue weighted by molar-refractivity contribution is 9.10. The molecule has 6 heteroatoms. The topological polar surface area (TPSA) is 81.8 Å². The SMILES string of the molecule is COc1cc(Br)c([C@H](N)CC(=O)O)cc1OC. The van der Waals surface area contributed by atoms with Gasteiger partial charge in [-0.1, -0.05) is 15.9 Å². The standard InChI is InChI=1S/C11H14BrNO4/c1-16-9-3-6(8(13)5-11(14)15)7(12)4-10(9)17-2/h3-4,8H,5,13H2,1-2H3,(H,14,15)/t8-/m1/s1. The van der Waals surface area contributed by atoms with Gasteiger partial charge in [0.2, 0.25) is 0 Å². The van der Waals surface area contributed by atoms with Gasteiger partial charge >= 0.3 is 5.97 Å². The molecule has 3 N–H and O–H groups in total. The normalized spacial score (nSPS) is 12.0. The summed E-state index contributed by atoms with van der Waals surface area (Å²) in [6, 6.07) is 2.79. The van der Waals surface area contributed by atoms with E-state index in [1.807, 2.05) is 0 Å². The molecule has 0 aliphatic carbocycles. The molecule has 0 unspecified atom stereocenters. The third-order valence-corrected chi connectivity index (χ3v) is 2.98. The molecule has 1 aromatic rings. The lowest BCUT2D eigenvalue weighted by atomic mass is 10.0. The van der Waals surface area contributed by atoms with Gasteiger partial charge in [0, 0.05) is 10.5 Å². The van der Waals surface area contributed by atoms with Gasteiger partial charge in [-0.05, 0) is 17.7 Å². The summed E-state index contributed by atoms with van der Waals surface area (Å²) in [6.45, 7) is 0. The third-order valence-electron chi connectivity index (χ3n) is 2.30. The van der Waals surface area contributed by atoms with E-state index in [4.69, 9.17) is 20.3 Å². The van der Waals surface area contributed by atoms with Crippen LogP contribution in [0.15, 0.2) is 16.6 Å². The van der Waals surface area contributed by atoms with E-state index in [0.29, 0.717) is 21.5 Å². The lowest BCUT2D eigenvalue weighted by molar-refractivity contribution is -0.137. The van der Waals surface area contributed by atoms with Crippen LogP contribution in [0, 0.1) is 0 Å². The van der Waals surface area contributed by atoms with Crippen LogP contribution in [0.4, 0.5) is 0 Å². The zero-order chi connectivity index (χ0) is 13.0. The number of rotatable bonds is 5. The molecular weight excluding hydrogens is 290 g/mol. The van der Waals surface area contributed by atoms with E-state index in [9.17, 15) is 4.79 Å². The van der Waals surface area contributed by atoms with Crippen LogP contribution in [0.5, 0.6) is 11.5 Å². The summed E-state index contributed by atoms with van der Waals surface area (Å²) < 4.78 is 11.0. The van der Waals surface area contributed by atoms with E-state index in [2.05, 4.69) is 15.9 Å². The van der Waals surface area contributed by atoms with Crippen LogP contribution in [0.1, 0.15) is 18.0 Å². The van der Waals surface area contributed by atoms with E-state index >= 15 is 0 Å². The van der Waals surface area contributed by atoms with Gasteiger partial charge in [-0.15, -0.1) is 0 Å². The van der Waals surface area contributed by atoms with Crippen molar-refractivity contribution in [1.82, 2.24) is 0 Å². The highest BCUT2D eigenvalue weighted by atomic mass is 79.9. The number of carboxylic acids is 1. The van der Waals surface area contributed by atoms with Gasteiger partial charge in [0.05, 0.1) is 20.6 Å². The Morgan fingerprint density at radius 2 is 1.94 bits per heavy atom. The van der Waals surface area contributed by atoms with Crippen molar-refractivity contribution in [2.75, 3.05) is 14.2 Å². The molecular formula is C11H14BrNO4. The molecule has 0 aromatic heterocycles. The predicted molar refractivity (Wildman–Crippen MR) is 66.4 cm³/mol. The lowest BCUT2D eigenvalue weighted by Crippen LogP contribution is -2.15. The first kappa shape index (κ1) is 13.8. The second-order valence-electron chi connectivity index (χ2n) is 3.43. The van der Waals surface area contributed by atoms with E-state index < -0.39 is 12.0 Å². The average molecular weight is 304 g/mol. The van der Waals surface area contributed by atoms with Crippen molar-refractivity contribution in [2.45, 2.75) is 12.5 Å². The molecule has 0 heterocycles. The number of carbonyl (C=O) groups is 1. The van der Waals surface area contributed by atoms with Crippen molar-refractivity contribution in [3.05, 3.63) is 22.2 Å². The number of nitrogens with two attached hydrogens (primary N) is 1. The van der Waals surface area contributed by atoms with E-state index in [0.717, 1.165) is 0 Å². The van der Waals surface area contributed by atoms with Crippen LogP contribution >= 0.6 is 15.9 Å². The smallest absolute Gasteiger partial charge is 0.305 e. The van der Waals surface area contributed by atoms with Gasteiger partial charge in [-0.3, -0.25) is 4.79 Å². The Kier molecular flexibility index (Phi) is 4.77. The first-order valence-electron chi connectivity index (χ1n) is 4.88. The molecule has 94 valence electrons. The van der Waals surface area contributed by atoms with Crippen molar-refractivity contribution in [3.63, 3.8) is 0 Å². The number of benzene rings is 1. The summed E-state index contributed by atoms with van der Waals surface area (Å²) in [4.78, 5) is 10.6. The predicted octanol–water partition coefficient (Wildman–Crippen LogP) is 1.94. The summed E-state index contributed by atoms with van der Waals surface area (Å²) in [5, 5.41) is 8.71. The maximum Gasteiger partial charge on any atom is 0.305 e. The maximum absolute atomic E-state index is 10.6. The molecule has 0 radical (unpaired) electrons. The molecule has 0 aliphatic heterocycles. The zero-order valence-electron chi connectivity index (χ0n) is 9.57. The summed E-state index contributed by atoms with van der Waals surface area (Å²) in [6.07, 6.45) is -0.145. The Bertz CT molecular complexity index is 422. The molecule has 0 aliphatic rings. The molecule has 0 spiro atoms. The van der Waals surface area contributed by atoms with Crippen LogP contribution in [-0.4, -0.2) is 25.3 Å². The van der Waals surface area contributed by atoms with Gasteiger partial charge in [0.25, 0.3) is 0 Å². The Labute approximate surface area is 108 Å². The minimum absolute atomic E-state index is 0.145. The quantitative estimate of drug-likeness (QED) is 0.869. The lowest BCUT2D eigenvalue weighted by Gasteiger charge is -2.15. The molecule has 0 bridgehead atoms. The Balaban J connectivity index is 3.11. The number of ether oxygens (including phenoxy) is 2. The van der Waals surface area contributed by atoms with Crippen LogP contribution in [-0.2, 0) is 4.79 Å². The van der Waals surface area contributed by atoms with Crippen LogP contribution < -0.4 is 15.2 Å². The molecule has 0 amide bonds. The van der Waals surface area contributed by atoms with Crippen LogP contribution in [0.3, 0.4) is 0 Å². The molecule has 0 fully saturated rings. The first-order valence-corrected chi connectivity index (χ1v) is 5.67. The average Bonchev–Trinajstić information content (AvgIpc) is 2.27. The molecule has 1 atom stereocenters. The Morgan fingerprint density at radius 3 is 2.41 bits per heavy atom. The molecule has 0 saturated heterocycles. The van der Waals surface area contributed by atoms with Crippen molar-refractivity contribution in [3.8, 4) is 11.5 Å². The minimum Gasteiger partial charge on any atom is -0.493 e. The minimum atomic E-state index is -0.945. The largest absolute Gasteiger partial charge is 0.493 e. The monoisotopic (exact) mass is 303 g/mol. The fourth-order valence-electron chi connectivity index (χ4n) is 1.45. The number of carboxylic acid groups (broad SMARTS) is 1. The van der Waals surface area contributed by atoms with E-state index in [1.165, 1.54) is 14.2 Å². The third kappa shape index (κ3) is 3.34. The van der Waals surface area contributed by atoms with Gasteiger partial charge in [-0.2, -0.15) is 0 Å². The van der Waals surface area contributed by atoms with Gasteiger partial charge in [0.15, 0.2) is 11.5 Å². The van der Waals surface area contributed by atoms with Crippen molar-refractivity contribution < 1.29 is 19.4 Å². The molecule has 1 rings (SSSR count). The fraction of sp³-hybridized carbons (Fsp3) is 0.364. The van der Waals surface area contributed by atoms with Gasteiger partial charge < -0.3 is 20.3 Å². The van der Waals surface area contributed by atoms with Gasteiger partial charge in [0.1, 0.15) is 0 Å². The van der Waals surface area contributed by atoms with Crippen LogP contribution in [0.2, 0.25) is 0 Å². The second kappa shape index (κ2) is 5.88. The van der Waals surface area contributed by atoms with E-state index in [1.54, 1.807) is 12.1 Å². The van der Waals surface area contributed by atoms with Crippen molar-refractivity contribution in [2.24, 2.45) is 5.73 Å². The summed E-state index contributed by atoms with van der Waals surface area (Å²) >= 11 is 3.33. The second-order valence-corrected chi connectivity index (χ2v) is 4.29.